The van der Waals surface area contributed by atoms with Gasteiger partial charge in [0.15, 0.2) is 0 Å². The fraction of sp³-hybridized carbons (Fsp3) is 0.286. The third-order valence-corrected chi connectivity index (χ3v) is 5.61. The molecule has 0 atom stereocenters. The number of fused-ring (bicyclic) bond motifs is 1. The van der Waals surface area contributed by atoms with E-state index in [-0.39, 0.29) is 28.1 Å². The van der Waals surface area contributed by atoms with Crippen LogP contribution >= 0.6 is 0 Å². The summed E-state index contributed by atoms with van der Waals surface area (Å²) in [7, 11) is 0. The lowest BCUT2D eigenvalue weighted by molar-refractivity contribution is -0.469. The zero-order chi connectivity index (χ0) is 22.3. The quantitative estimate of drug-likeness (QED) is 0.363. The molecule has 10 nitrogen and oxygen atoms in total. The molecule has 10 heteroatoms. The van der Waals surface area contributed by atoms with Gasteiger partial charge in [0.05, 0.1) is 15.0 Å². The van der Waals surface area contributed by atoms with Crippen molar-refractivity contribution in [3.05, 3.63) is 79.6 Å². The standard InChI is InChI=1S/C21H21N5O5/c1-14-3-8-18-19(13-14)25(29)20(15(2)24(18)28)21(27)23-11-9-22(10-12-23)16-4-6-17(7-5-16)26(30)31/h3-8,13H,9-12H2,1-2H3. The second kappa shape index (κ2) is 7.71. The summed E-state index contributed by atoms with van der Waals surface area (Å²) in [6, 6.07) is 11.2. The number of benzene rings is 2. The first-order chi connectivity index (χ1) is 14.8. The summed E-state index contributed by atoms with van der Waals surface area (Å²) in [4.78, 5) is 40.0. The minimum atomic E-state index is -0.483. The number of carbonyl (C=O) groups is 1. The third-order valence-electron chi connectivity index (χ3n) is 5.61. The lowest BCUT2D eigenvalue weighted by Crippen LogP contribution is -2.50. The Balaban J connectivity index is 1.57. The summed E-state index contributed by atoms with van der Waals surface area (Å²) in [5.74, 6) is -0.483. The molecule has 0 N–H and O–H groups in total. The number of nitro benzene ring substituents is 1. The van der Waals surface area contributed by atoms with E-state index in [9.17, 15) is 25.0 Å². The van der Waals surface area contributed by atoms with Crippen molar-refractivity contribution in [1.82, 2.24) is 9.63 Å². The third kappa shape index (κ3) is 3.56. The van der Waals surface area contributed by atoms with Gasteiger partial charge >= 0.3 is 11.6 Å². The van der Waals surface area contributed by atoms with Crippen molar-refractivity contribution in [2.75, 3.05) is 31.1 Å². The smallest absolute Gasteiger partial charge is 0.346 e. The molecule has 1 aliphatic rings. The number of aromatic nitrogens is 2. The highest BCUT2D eigenvalue weighted by molar-refractivity contribution is 5.93. The Labute approximate surface area is 177 Å². The second-order valence-corrected chi connectivity index (χ2v) is 7.57. The van der Waals surface area contributed by atoms with Crippen molar-refractivity contribution in [2.45, 2.75) is 13.8 Å². The number of non-ortho nitro benzene ring substituents is 1. The average molecular weight is 423 g/mol. The normalized spacial score (nSPS) is 14.1. The summed E-state index contributed by atoms with van der Waals surface area (Å²) in [5, 5.41) is 23.5. The van der Waals surface area contributed by atoms with Crippen LogP contribution in [0.25, 0.3) is 11.0 Å². The lowest BCUT2D eigenvalue weighted by Gasteiger charge is -2.35. The van der Waals surface area contributed by atoms with Crippen LogP contribution in [0, 0.1) is 34.1 Å². The van der Waals surface area contributed by atoms with Crippen LogP contribution in [0.3, 0.4) is 0 Å². The van der Waals surface area contributed by atoms with Gasteiger partial charge in [0, 0.05) is 55.0 Å². The molecule has 0 saturated carbocycles. The Morgan fingerprint density at radius 2 is 1.68 bits per heavy atom. The number of rotatable bonds is 3. The van der Waals surface area contributed by atoms with Crippen LogP contribution in [0.5, 0.6) is 0 Å². The number of carbonyl (C=O) groups excluding carboxylic acids is 1. The van der Waals surface area contributed by atoms with Gasteiger partial charge in [-0.3, -0.25) is 14.9 Å². The van der Waals surface area contributed by atoms with Gasteiger partial charge in [-0.1, -0.05) is 6.07 Å². The number of aryl methyl sites for hydroxylation is 1. The lowest BCUT2D eigenvalue weighted by atomic mass is 10.1. The summed E-state index contributed by atoms with van der Waals surface area (Å²) >= 11 is 0. The minimum absolute atomic E-state index is 0.0190. The molecule has 4 rings (SSSR count). The van der Waals surface area contributed by atoms with Gasteiger partial charge in [-0.15, -0.1) is 0 Å². The number of hydrogen-bond acceptors (Lipinski definition) is 6. The van der Waals surface area contributed by atoms with E-state index in [1.807, 2.05) is 11.8 Å². The second-order valence-electron chi connectivity index (χ2n) is 7.57. The van der Waals surface area contributed by atoms with Crippen LogP contribution in [0.1, 0.15) is 21.7 Å². The number of nitrogens with zero attached hydrogens (tertiary/aromatic N) is 5. The van der Waals surface area contributed by atoms with E-state index >= 15 is 0 Å². The van der Waals surface area contributed by atoms with Gasteiger partial charge in [0.25, 0.3) is 11.2 Å². The molecule has 1 fully saturated rings. The number of anilines is 1. The number of hydrogen-bond donors (Lipinski definition) is 0. The van der Waals surface area contributed by atoms with Crippen molar-refractivity contribution in [3.63, 3.8) is 0 Å². The molecular weight excluding hydrogens is 402 g/mol. The summed E-state index contributed by atoms with van der Waals surface area (Å²) in [6.45, 7) is 5.02. The SMILES string of the molecule is Cc1ccc2c(c1)[n+](=O)c(C(=O)N1CCN(c3ccc([N+](=O)[O-])cc3)CC1)c(C)n2[O-]. The molecule has 1 saturated heterocycles. The highest BCUT2D eigenvalue weighted by Crippen LogP contribution is 2.22. The van der Waals surface area contributed by atoms with E-state index in [1.165, 1.54) is 19.1 Å². The van der Waals surface area contributed by atoms with Crippen LogP contribution in [0.15, 0.2) is 42.5 Å². The topological polar surface area (TPSA) is 118 Å². The molecular formula is C21H21N5O5. The maximum Gasteiger partial charge on any atom is 0.346 e. The van der Waals surface area contributed by atoms with Crippen molar-refractivity contribution in [1.29, 1.82) is 0 Å². The Bertz CT molecular complexity index is 1240. The van der Waals surface area contributed by atoms with Gasteiger partial charge in [-0.2, -0.15) is 0 Å². The molecule has 1 aliphatic heterocycles. The van der Waals surface area contributed by atoms with Crippen molar-refractivity contribution in [3.8, 4) is 0 Å². The Morgan fingerprint density at radius 3 is 2.29 bits per heavy atom. The van der Waals surface area contributed by atoms with Crippen molar-refractivity contribution >= 4 is 28.3 Å². The number of piperazine rings is 1. The van der Waals surface area contributed by atoms with Gasteiger partial charge in [0.1, 0.15) is 5.52 Å². The Kier molecular flexibility index (Phi) is 5.05. The summed E-state index contributed by atoms with van der Waals surface area (Å²) in [5.41, 5.74) is 1.94. The van der Waals surface area contributed by atoms with Crippen LogP contribution < -0.4 is 9.33 Å². The van der Waals surface area contributed by atoms with E-state index in [2.05, 4.69) is 0 Å². The van der Waals surface area contributed by atoms with Gasteiger partial charge in [0.2, 0.25) is 0 Å². The van der Waals surface area contributed by atoms with Crippen LogP contribution in [-0.2, 0) is 0 Å². The molecule has 3 aromatic rings. The molecule has 0 aliphatic carbocycles. The first kappa shape index (κ1) is 20.3. The number of amides is 1. The fourth-order valence-corrected chi connectivity index (χ4v) is 3.86. The molecule has 0 radical (unpaired) electrons. The van der Waals surface area contributed by atoms with E-state index in [0.29, 0.717) is 35.3 Å². The predicted octanol–water partition coefficient (Wildman–Crippen LogP) is 2.39. The molecule has 2 aromatic carbocycles. The largest absolute Gasteiger partial charge is 0.805 e. The molecule has 160 valence electrons. The van der Waals surface area contributed by atoms with E-state index in [1.54, 1.807) is 35.2 Å². The van der Waals surface area contributed by atoms with Crippen LogP contribution in [0.4, 0.5) is 11.4 Å². The van der Waals surface area contributed by atoms with Gasteiger partial charge in [-0.05, 0) is 37.6 Å². The van der Waals surface area contributed by atoms with Gasteiger partial charge in [-0.25, -0.2) is 0 Å². The molecule has 0 unspecified atom stereocenters. The fourth-order valence-electron chi connectivity index (χ4n) is 3.86. The summed E-state index contributed by atoms with van der Waals surface area (Å²) in [6.07, 6.45) is 0. The molecule has 1 amide bonds. The van der Waals surface area contributed by atoms with Gasteiger partial charge < -0.3 is 19.7 Å². The van der Waals surface area contributed by atoms with Crippen LogP contribution in [-0.4, -0.2) is 46.6 Å². The summed E-state index contributed by atoms with van der Waals surface area (Å²) < 4.78 is 1.18. The first-order valence-corrected chi connectivity index (χ1v) is 9.82. The molecule has 31 heavy (non-hydrogen) atoms. The van der Waals surface area contributed by atoms with E-state index in [4.69, 9.17) is 0 Å². The van der Waals surface area contributed by atoms with E-state index < -0.39 is 10.8 Å². The first-order valence-electron chi connectivity index (χ1n) is 9.82. The predicted molar refractivity (Wildman–Crippen MR) is 115 cm³/mol. The molecule has 1 aromatic heterocycles. The maximum atomic E-state index is 13.1. The van der Waals surface area contributed by atoms with Crippen molar-refractivity contribution < 1.29 is 14.1 Å². The number of nitro groups is 1. The monoisotopic (exact) mass is 423 g/mol. The zero-order valence-corrected chi connectivity index (χ0v) is 17.1. The minimum Gasteiger partial charge on any atom is -0.805 e. The highest BCUT2D eigenvalue weighted by Gasteiger charge is 2.33. The zero-order valence-electron chi connectivity index (χ0n) is 17.1. The molecule has 2 heterocycles. The van der Waals surface area contributed by atoms with Crippen molar-refractivity contribution in [2.24, 2.45) is 0 Å². The Hall–Kier alpha value is -3.95. The maximum absolute atomic E-state index is 13.1. The average Bonchev–Trinajstić information content (AvgIpc) is 2.77. The molecule has 0 bridgehead atoms. The van der Waals surface area contributed by atoms with E-state index in [0.717, 1.165) is 11.3 Å². The Morgan fingerprint density at radius 1 is 1.03 bits per heavy atom. The highest BCUT2D eigenvalue weighted by atomic mass is 16.6. The van der Waals surface area contributed by atoms with Crippen LogP contribution in [0.2, 0.25) is 0 Å². The molecule has 0 spiro atoms.